The largest absolute Gasteiger partial charge is 0.427 e. The van der Waals surface area contributed by atoms with Gasteiger partial charge in [0.1, 0.15) is 5.75 Å². The molecule has 1 N–H and O–H groups in total. The molecule has 1 saturated heterocycles. The van der Waals surface area contributed by atoms with Gasteiger partial charge in [0, 0.05) is 13.3 Å². The average Bonchev–Trinajstić information content (AvgIpc) is 2.55. The maximum absolute atomic E-state index is 12.4. The Morgan fingerprint density at radius 3 is 2.84 bits per heavy atom. The number of benzene rings is 1. The summed E-state index contributed by atoms with van der Waals surface area (Å²) in [5.41, 5.74) is 2.10. The minimum Gasteiger partial charge on any atom is -0.427 e. The quantitative estimate of drug-likeness (QED) is 0.484. The van der Waals surface area contributed by atoms with E-state index in [4.69, 9.17) is 4.74 Å². The molecule has 4 rings (SSSR count). The van der Waals surface area contributed by atoms with Crippen LogP contribution < -0.4 is 10.1 Å². The average molecular weight is 341 g/mol. The Morgan fingerprint density at radius 2 is 2.08 bits per heavy atom. The molecule has 1 aromatic rings. The lowest BCUT2D eigenvalue weighted by molar-refractivity contribution is -0.151. The maximum Gasteiger partial charge on any atom is 0.308 e. The Bertz CT molecular complexity index is 771. The van der Waals surface area contributed by atoms with Crippen molar-refractivity contribution in [1.29, 1.82) is 0 Å². The highest BCUT2D eigenvalue weighted by Gasteiger charge is 2.54. The summed E-state index contributed by atoms with van der Waals surface area (Å²) in [5, 5.41) is 2.53. The fourth-order valence-corrected chi connectivity index (χ4v) is 5.29. The normalized spacial score (nSPS) is 33.6. The van der Waals surface area contributed by atoms with E-state index in [-0.39, 0.29) is 23.7 Å². The van der Waals surface area contributed by atoms with Crippen LogP contribution in [-0.4, -0.2) is 17.8 Å². The van der Waals surface area contributed by atoms with Gasteiger partial charge in [0.2, 0.25) is 11.8 Å². The van der Waals surface area contributed by atoms with Crippen LogP contribution in [0.5, 0.6) is 5.75 Å². The molecule has 5 heteroatoms. The lowest BCUT2D eigenvalue weighted by Gasteiger charge is -2.52. The molecule has 0 radical (unpaired) electrons. The molecule has 25 heavy (non-hydrogen) atoms. The van der Waals surface area contributed by atoms with Crippen LogP contribution in [0.2, 0.25) is 0 Å². The van der Waals surface area contributed by atoms with Crippen LogP contribution in [0.25, 0.3) is 0 Å². The second-order valence-electron chi connectivity index (χ2n) is 7.91. The standard InChI is InChI=1S/C20H23NO4/c1-11(22)25-13-4-6-14-12(9-13)3-5-16-15(14)7-8-20(2)17(16)10-18(23)21-19(20)24/h4,6,9,15-17H,3,5,7-8,10H2,1-2H3,(H,21,23,24)/t15?,16?,17?,20-/m0/s1. The van der Waals surface area contributed by atoms with E-state index in [1.165, 1.54) is 18.1 Å². The van der Waals surface area contributed by atoms with Gasteiger partial charge in [-0.05, 0) is 66.7 Å². The first kappa shape index (κ1) is 16.3. The third-order valence-electron chi connectivity index (χ3n) is 6.53. The first-order chi connectivity index (χ1) is 11.9. The number of piperidine rings is 1. The van der Waals surface area contributed by atoms with Crippen molar-refractivity contribution in [2.24, 2.45) is 17.3 Å². The zero-order valence-corrected chi connectivity index (χ0v) is 14.6. The molecule has 1 aromatic carbocycles. The second-order valence-corrected chi connectivity index (χ2v) is 7.91. The zero-order valence-electron chi connectivity index (χ0n) is 14.6. The maximum atomic E-state index is 12.4. The predicted molar refractivity (Wildman–Crippen MR) is 90.9 cm³/mol. The molecule has 0 bridgehead atoms. The van der Waals surface area contributed by atoms with E-state index in [9.17, 15) is 14.4 Å². The van der Waals surface area contributed by atoms with Crippen molar-refractivity contribution in [3.05, 3.63) is 29.3 Å². The first-order valence-electron chi connectivity index (χ1n) is 9.04. The Hall–Kier alpha value is -2.17. The molecule has 1 saturated carbocycles. The molecule has 0 spiro atoms. The summed E-state index contributed by atoms with van der Waals surface area (Å²) in [5.74, 6) is 0.917. The van der Waals surface area contributed by atoms with Crippen LogP contribution in [0.1, 0.15) is 56.6 Å². The van der Waals surface area contributed by atoms with Gasteiger partial charge in [-0.1, -0.05) is 13.0 Å². The molecule has 1 heterocycles. The molecular formula is C20H23NO4. The van der Waals surface area contributed by atoms with Crippen molar-refractivity contribution in [2.75, 3.05) is 0 Å². The molecule has 5 nitrogen and oxygen atoms in total. The van der Waals surface area contributed by atoms with Gasteiger partial charge >= 0.3 is 5.97 Å². The van der Waals surface area contributed by atoms with E-state index in [1.807, 2.05) is 19.1 Å². The van der Waals surface area contributed by atoms with Crippen molar-refractivity contribution >= 4 is 17.8 Å². The number of carbonyl (C=O) groups is 3. The molecule has 132 valence electrons. The summed E-state index contributed by atoms with van der Waals surface area (Å²) >= 11 is 0. The SMILES string of the molecule is CC(=O)Oc1ccc2c(c1)CCC1C2CC[C@]2(C)C(=O)NC(=O)CC12. The number of aryl methyl sites for hydroxylation is 1. The highest BCUT2D eigenvalue weighted by atomic mass is 16.5. The third-order valence-corrected chi connectivity index (χ3v) is 6.53. The third kappa shape index (κ3) is 2.57. The number of imide groups is 1. The first-order valence-corrected chi connectivity index (χ1v) is 9.04. The van der Waals surface area contributed by atoms with Crippen molar-refractivity contribution in [2.45, 2.75) is 51.9 Å². The molecule has 4 atom stereocenters. The second kappa shape index (κ2) is 5.68. The fourth-order valence-electron chi connectivity index (χ4n) is 5.29. The van der Waals surface area contributed by atoms with E-state index in [0.717, 1.165) is 25.7 Å². The monoisotopic (exact) mass is 341 g/mol. The number of hydrogen-bond donors (Lipinski definition) is 1. The lowest BCUT2D eigenvalue weighted by Crippen LogP contribution is -2.57. The van der Waals surface area contributed by atoms with Gasteiger partial charge in [0.25, 0.3) is 0 Å². The predicted octanol–water partition coefficient (Wildman–Crippen LogP) is 2.72. The summed E-state index contributed by atoms with van der Waals surface area (Å²) in [7, 11) is 0. The van der Waals surface area contributed by atoms with Gasteiger partial charge in [-0.25, -0.2) is 0 Å². The van der Waals surface area contributed by atoms with Gasteiger partial charge in [0.15, 0.2) is 0 Å². The van der Waals surface area contributed by atoms with Crippen LogP contribution in [0.3, 0.4) is 0 Å². The Labute approximate surface area is 147 Å². The topological polar surface area (TPSA) is 72.5 Å². The molecule has 2 fully saturated rings. The van der Waals surface area contributed by atoms with Gasteiger partial charge in [-0.2, -0.15) is 0 Å². The van der Waals surface area contributed by atoms with Crippen LogP contribution in [0, 0.1) is 17.3 Å². The van der Waals surface area contributed by atoms with Gasteiger partial charge < -0.3 is 4.74 Å². The van der Waals surface area contributed by atoms with Gasteiger partial charge in [0.05, 0.1) is 5.41 Å². The number of nitrogens with one attached hydrogen (secondary N) is 1. The van der Waals surface area contributed by atoms with Gasteiger partial charge in [-0.15, -0.1) is 0 Å². The van der Waals surface area contributed by atoms with Crippen molar-refractivity contribution < 1.29 is 19.1 Å². The van der Waals surface area contributed by atoms with Crippen molar-refractivity contribution in [1.82, 2.24) is 5.32 Å². The zero-order chi connectivity index (χ0) is 17.8. The fraction of sp³-hybridized carbons (Fsp3) is 0.550. The van der Waals surface area contributed by atoms with E-state index in [0.29, 0.717) is 24.0 Å². The molecule has 0 aromatic heterocycles. The Balaban J connectivity index is 1.66. The van der Waals surface area contributed by atoms with Crippen LogP contribution >= 0.6 is 0 Å². The number of esters is 1. The molecule has 2 amide bonds. The summed E-state index contributed by atoms with van der Waals surface area (Å²) in [6, 6.07) is 5.90. The number of rotatable bonds is 1. The number of fused-ring (bicyclic) bond motifs is 5. The summed E-state index contributed by atoms with van der Waals surface area (Å²) in [4.78, 5) is 35.6. The summed E-state index contributed by atoms with van der Waals surface area (Å²) in [6.07, 6.45) is 4.09. The minimum absolute atomic E-state index is 0.0943. The summed E-state index contributed by atoms with van der Waals surface area (Å²) in [6.45, 7) is 3.43. The Morgan fingerprint density at radius 1 is 1.28 bits per heavy atom. The molecule has 2 aliphatic carbocycles. The van der Waals surface area contributed by atoms with Crippen LogP contribution in [0.15, 0.2) is 18.2 Å². The van der Waals surface area contributed by atoms with E-state index in [1.54, 1.807) is 0 Å². The molecule has 3 aliphatic rings. The molecule has 1 aliphatic heterocycles. The van der Waals surface area contributed by atoms with Crippen molar-refractivity contribution in [3.63, 3.8) is 0 Å². The molecule has 3 unspecified atom stereocenters. The number of hydrogen-bond acceptors (Lipinski definition) is 4. The number of amides is 2. The molecular weight excluding hydrogens is 318 g/mol. The van der Waals surface area contributed by atoms with E-state index in [2.05, 4.69) is 11.4 Å². The smallest absolute Gasteiger partial charge is 0.308 e. The lowest BCUT2D eigenvalue weighted by atomic mass is 9.52. The highest BCUT2D eigenvalue weighted by molar-refractivity contribution is 6.01. The van der Waals surface area contributed by atoms with Crippen LogP contribution in [-0.2, 0) is 20.8 Å². The minimum atomic E-state index is -0.426. The van der Waals surface area contributed by atoms with E-state index < -0.39 is 5.41 Å². The van der Waals surface area contributed by atoms with E-state index >= 15 is 0 Å². The van der Waals surface area contributed by atoms with Gasteiger partial charge in [-0.3, -0.25) is 19.7 Å². The highest BCUT2D eigenvalue weighted by Crippen LogP contribution is 2.57. The van der Waals surface area contributed by atoms with Crippen LogP contribution in [0.4, 0.5) is 0 Å². The number of ether oxygens (including phenoxy) is 1. The number of carbonyl (C=O) groups excluding carboxylic acids is 3. The summed E-state index contributed by atoms with van der Waals surface area (Å²) < 4.78 is 5.21. The Kier molecular flexibility index (Phi) is 3.71. The van der Waals surface area contributed by atoms with Crippen molar-refractivity contribution in [3.8, 4) is 5.75 Å².